The van der Waals surface area contributed by atoms with E-state index in [4.69, 9.17) is 14.5 Å². The number of aryl methyl sites for hydroxylation is 3. The number of nitrogens with one attached hydrogen (secondary N) is 1. The highest BCUT2D eigenvalue weighted by atomic mass is 16.5. The Bertz CT molecular complexity index is 1160. The summed E-state index contributed by atoms with van der Waals surface area (Å²) in [6, 6.07) is 12.9. The van der Waals surface area contributed by atoms with E-state index in [-0.39, 0.29) is 6.10 Å². The Morgan fingerprint density at radius 3 is 2.42 bits per heavy atom. The first-order chi connectivity index (χ1) is 15.7. The first-order valence-corrected chi connectivity index (χ1v) is 12.0. The lowest BCUT2D eigenvalue weighted by Gasteiger charge is -2.20. The van der Waals surface area contributed by atoms with E-state index in [2.05, 4.69) is 90.2 Å². The second kappa shape index (κ2) is 9.46. The van der Waals surface area contributed by atoms with E-state index < -0.39 is 0 Å². The van der Waals surface area contributed by atoms with Gasteiger partial charge in [-0.05, 0) is 81.3 Å². The third kappa shape index (κ3) is 4.85. The number of pyridine rings is 1. The number of hydrogen-bond acceptors (Lipinski definition) is 4. The Hall–Kier alpha value is -3.01. The number of ether oxygens (including phenoxy) is 2. The van der Waals surface area contributed by atoms with Crippen molar-refractivity contribution in [2.75, 3.05) is 11.9 Å². The van der Waals surface area contributed by atoms with Crippen molar-refractivity contribution in [3.63, 3.8) is 0 Å². The Morgan fingerprint density at radius 1 is 0.939 bits per heavy atom. The molecule has 0 saturated heterocycles. The van der Waals surface area contributed by atoms with E-state index >= 15 is 0 Å². The minimum atomic E-state index is 0.0636. The van der Waals surface area contributed by atoms with Crippen LogP contribution in [0.4, 0.5) is 5.69 Å². The van der Waals surface area contributed by atoms with Gasteiger partial charge in [-0.1, -0.05) is 32.0 Å². The SMILES string of the molecule is Cc1ccc(C(C)C)cc1OCc1c(OC(C)C)cc(-c2c(C)ccc3c2CCN3)nc1C. The van der Waals surface area contributed by atoms with Crippen molar-refractivity contribution in [3.8, 4) is 22.8 Å². The highest BCUT2D eigenvalue weighted by molar-refractivity contribution is 5.77. The number of aromatic nitrogens is 1. The van der Waals surface area contributed by atoms with Crippen LogP contribution in [-0.4, -0.2) is 17.6 Å². The molecule has 4 nitrogen and oxygen atoms in total. The molecule has 3 aromatic rings. The Balaban J connectivity index is 1.72. The maximum absolute atomic E-state index is 6.33. The third-order valence-corrected chi connectivity index (χ3v) is 6.37. The van der Waals surface area contributed by atoms with Crippen molar-refractivity contribution in [1.82, 2.24) is 4.98 Å². The summed E-state index contributed by atoms with van der Waals surface area (Å²) in [6.07, 6.45) is 1.08. The van der Waals surface area contributed by atoms with Crippen LogP contribution >= 0.6 is 0 Å². The minimum absolute atomic E-state index is 0.0636. The van der Waals surface area contributed by atoms with Gasteiger partial charge in [0, 0.05) is 29.6 Å². The standard InChI is InChI=1S/C29H36N2O2/c1-17(2)22-10-8-19(5)27(14-22)32-16-24-21(7)31-26(15-28(24)33-18(3)4)29-20(6)9-11-25-23(29)12-13-30-25/h8-11,14-15,17-18,30H,12-13,16H2,1-7H3. The van der Waals surface area contributed by atoms with Gasteiger partial charge in [0.15, 0.2) is 0 Å². The van der Waals surface area contributed by atoms with Crippen molar-refractivity contribution in [3.05, 3.63) is 69.9 Å². The van der Waals surface area contributed by atoms with Crippen LogP contribution in [0.2, 0.25) is 0 Å². The normalized spacial score (nSPS) is 12.8. The van der Waals surface area contributed by atoms with Gasteiger partial charge in [0.25, 0.3) is 0 Å². The molecule has 33 heavy (non-hydrogen) atoms. The molecule has 0 fully saturated rings. The van der Waals surface area contributed by atoms with E-state index in [0.29, 0.717) is 12.5 Å². The van der Waals surface area contributed by atoms with E-state index in [1.807, 2.05) is 0 Å². The van der Waals surface area contributed by atoms with Gasteiger partial charge in [0.1, 0.15) is 18.1 Å². The molecule has 4 heteroatoms. The molecule has 1 aliphatic rings. The van der Waals surface area contributed by atoms with Crippen LogP contribution < -0.4 is 14.8 Å². The second-order valence-corrected chi connectivity index (χ2v) is 9.66. The molecule has 174 valence electrons. The highest BCUT2D eigenvalue weighted by Crippen LogP contribution is 2.38. The molecule has 0 saturated carbocycles. The summed E-state index contributed by atoms with van der Waals surface area (Å²) >= 11 is 0. The topological polar surface area (TPSA) is 43.4 Å². The van der Waals surface area contributed by atoms with Gasteiger partial charge >= 0.3 is 0 Å². The predicted octanol–water partition coefficient (Wildman–Crippen LogP) is 7.13. The minimum Gasteiger partial charge on any atom is -0.490 e. The van der Waals surface area contributed by atoms with Crippen LogP contribution in [0, 0.1) is 20.8 Å². The van der Waals surface area contributed by atoms with Crippen molar-refractivity contribution < 1.29 is 9.47 Å². The molecule has 0 atom stereocenters. The fourth-order valence-corrected chi connectivity index (χ4v) is 4.48. The number of benzene rings is 2. The zero-order chi connectivity index (χ0) is 23.7. The molecule has 1 aliphatic heterocycles. The van der Waals surface area contributed by atoms with E-state index in [9.17, 15) is 0 Å². The van der Waals surface area contributed by atoms with Crippen LogP contribution in [-0.2, 0) is 13.0 Å². The molecule has 0 spiro atoms. The van der Waals surface area contributed by atoms with Crippen molar-refractivity contribution in [2.24, 2.45) is 0 Å². The zero-order valence-electron chi connectivity index (χ0n) is 21.0. The van der Waals surface area contributed by atoms with Crippen LogP contribution in [0.15, 0.2) is 36.4 Å². The van der Waals surface area contributed by atoms with E-state index in [1.54, 1.807) is 0 Å². The zero-order valence-corrected chi connectivity index (χ0v) is 21.0. The van der Waals surface area contributed by atoms with Crippen LogP contribution in [0.3, 0.4) is 0 Å². The Morgan fingerprint density at radius 2 is 1.70 bits per heavy atom. The van der Waals surface area contributed by atoms with Crippen LogP contribution in [0.5, 0.6) is 11.5 Å². The maximum Gasteiger partial charge on any atom is 0.130 e. The number of fused-ring (bicyclic) bond motifs is 1. The summed E-state index contributed by atoms with van der Waals surface area (Å²) < 4.78 is 12.6. The molecular weight excluding hydrogens is 408 g/mol. The number of nitrogens with zero attached hydrogens (tertiary/aromatic N) is 1. The molecule has 2 heterocycles. The third-order valence-electron chi connectivity index (χ3n) is 6.37. The summed E-state index contributed by atoms with van der Waals surface area (Å²) in [7, 11) is 0. The number of rotatable bonds is 7. The van der Waals surface area contributed by atoms with Gasteiger partial charge < -0.3 is 14.8 Å². The Kier molecular flexibility index (Phi) is 6.64. The molecule has 0 amide bonds. The predicted molar refractivity (Wildman–Crippen MR) is 137 cm³/mol. The average molecular weight is 445 g/mol. The fraction of sp³-hybridized carbons (Fsp3) is 0.414. The molecule has 0 bridgehead atoms. The summed E-state index contributed by atoms with van der Waals surface area (Å²) in [6.45, 7) is 16.2. The van der Waals surface area contributed by atoms with Gasteiger partial charge in [0.2, 0.25) is 0 Å². The molecule has 1 aromatic heterocycles. The molecule has 2 aromatic carbocycles. The van der Waals surface area contributed by atoms with Crippen LogP contribution in [0.1, 0.15) is 67.1 Å². The molecule has 4 rings (SSSR count). The number of hydrogen-bond donors (Lipinski definition) is 1. The second-order valence-electron chi connectivity index (χ2n) is 9.66. The maximum atomic E-state index is 6.33. The van der Waals surface area contributed by atoms with Crippen molar-refractivity contribution in [2.45, 2.75) is 73.5 Å². The lowest BCUT2D eigenvalue weighted by molar-refractivity contribution is 0.229. The first-order valence-electron chi connectivity index (χ1n) is 12.0. The lowest BCUT2D eigenvalue weighted by atomic mass is 9.95. The van der Waals surface area contributed by atoms with Crippen molar-refractivity contribution >= 4 is 5.69 Å². The van der Waals surface area contributed by atoms with Gasteiger partial charge in [-0.25, -0.2) is 0 Å². The van der Waals surface area contributed by atoms with Gasteiger partial charge in [-0.3, -0.25) is 4.98 Å². The van der Waals surface area contributed by atoms with Gasteiger partial charge in [0.05, 0.1) is 17.4 Å². The first kappa shape index (κ1) is 23.2. The fourth-order valence-electron chi connectivity index (χ4n) is 4.48. The summed E-state index contributed by atoms with van der Waals surface area (Å²) in [5.41, 5.74) is 10.4. The number of anilines is 1. The van der Waals surface area contributed by atoms with Gasteiger partial charge in [-0.2, -0.15) is 0 Å². The Labute approximate surface area is 198 Å². The van der Waals surface area contributed by atoms with Gasteiger partial charge in [-0.15, -0.1) is 0 Å². The molecule has 1 N–H and O–H groups in total. The van der Waals surface area contributed by atoms with E-state index in [1.165, 1.54) is 27.9 Å². The molecule has 0 radical (unpaired) electrons. The molecule has 0 aliphatic carbocycles. The average Bonchev–Trinajstić information content (AvgIpc) is 3.22. The smallest absolute Gasteiger partial charge is 0.130 e. The molecule has 0 unspecified atom stereocenters. The van der Waals surface area contributed by atoms with E-state index in [0.717, 1.165) is 47.0 Å². The monoisotopic (exact) mass is 444 g/mol. The lowest BCUT2D eigenvalue weighted by Crippen LogP contribution is -2.11. The summed E-state index contributed by atoms with van der Waals surface area (Å²) in [5, 5.41) is 3.49. The summed E-state index contributed by atoms with van der Waals surface area (Å²) in [4.78, 5) is 5.04. The highest BCUT2D eigenvalue weighted by Gasteiger charge is 2.21. The molecular formula is C29H36N2O2. The largest absolute Gasteiger partial charge is 0.490 e. The van der Waals surface area contributed by atoms with Crippen molar-refractivity contribution in [1.29, 1.82) is 0 Å². The quantitative estimate of drug-likeness (QED) is 0.421. The van der Waals surface area contributed by atoms with Crippen LogP contribution in [0.25, 0.3) is 11.3 Å². The summed E-state index contributed by atoms with van der Waals surface area (Å²) in [5.74, 6) is 2.23.